The first-order chi connectivity index (χ1) is 15.6. The monoisotopic (exact) mass is 571 g/mol. The maximum Gasteiger partial charge on any atom is 0.218 e. The van der Waals surface area contributed by atoms with E-state index in [0.717, 1.165) is 49.8 Å². The maximum absolute atomic E-state index is 5.48. The molecule has 1 aliphatic heterocycles. The highest BCUT2D eigenvalue weighted by Crippen LogP contribution is 2.38. The number of methoxy groups -OCH3 is 4. The molecule has 0 unspecified atom stereocenters. The van der Waals surface area contributed by atoms with Gasteiger partial charge < -0.3 is 29.2 Å². The second-order valence-corrected chi connectivity index (χ2v) is 7.37. The average Bonchev–Trinajstić information content (AvgIpc) is 2.84. The van der Waals surface area contributed by atoms with Crippen LogP contribution in [0.5, 0.6) is 23.1 Å². The molecule has 0 aliphatic carbocycles. The minimum atomic E-state index is 0. The number of halogens is 1. The van der Waals surface area contributed by atoms with Crippen molar-refractivity contribution in [1.82, 2.24) is 20.1 Å². The molecule has 1 N–H and O–H groups in total. The van der Waals surface area contributed by atoms with Gasteiger partial charge >= 0.3 is 0 Å². The van der Waals surface area contributed by atoms with Crippen LogP contribution in [0.4, 0.5) is 0 Å². The summed E-state index contributed by atoms with van der Waals surface area (Å²) >= 11 is 0. The number of ether oxygens (including phenoxy) is 4. The zero-order valence-electron chi connectivity index (χ0n) is 20.0. The molecule has 0 spiro atoms. The third-order valence-electron chi connectivity index (χ3n) is 5.49. The Morgan fingerprint density at radius 2 is 1.67 bits per heavy atom. The molecule has 2 heterocycles. The molecule has 2 aromatic rings. The zero-order chi connectivity index (χ0) is 22.9. The van der Waals surface area contributed by atoms with Gasteiger partial charge in [-0.2, -0.15) is 0 Å². The highest BCUT2D eigenvalue weighted by Gasteiger charge is 2.21. The SMILES string of the molecule is CN=C(NCc1cccnc1OC)N1CCN(Cc2cc(OC)c(OC)c(OC)c2)CC1.I. The molecule has 33 heavy (non-hydrogen) atoms. The standard InChI is InChI=1S/C23H33N5O4.HI/c1-24-23(26-15-18-7-6-8-25-22(18)32-5)28-11-9-27(10-12-28)16-17-13-19(29-2)21(31-4)20(14-17)30-3;/h6-8,13-14H,9-12,15-16H2,1-5H3,(H,24,26);1H. The van der Waals surface area contributed by atoms with Crippen LogP contribution in [-0.2, 0) is 13.1 Å². The van der Waals surface area contributed by atoms with Gasteiger partial charge in [-0.05, 0) is 23.8 Å². The Kier molecular flexibility index (Phi) is 10.8. The molecule has 0 atom stereocenters. The Morgan fingerprint density at radius 1 is 1.00 bits per heavy atom. The first-order valence-electron chi connectivity index (χ1n) is 10.6. The summed E-state index contributed by atoms with van der Waals surface area (Å²) in [6, 6.07) is 7.93. The Hall–Kier alpha value is -2.47. The first-order valence-corrected chi connectivity index (χ1v) is 10.6. The molecular formula is C23H34IN5O4. The number of nitrogens with one attached hydrogen (secondary N) is 1. The maximum atomic E-state index is 5.48. The summed E-state index contributed by atoms with van der Waals surface area (Å²) in [7, 11) is 8.34. The van der Waals surface area contributed by atoms with Crippen molar-refractivity contribution in [1.29, 1.82) is 0 Å². The van der Waals surface area contributed by atoms with Crippen molar-refractivity contribution < 1.29 is 18.9 Å². The smallest absolute Gasteiger partial charge is 0.218 e. The third-order valence-corrected chi connectivity index (χ3v) is 5.49. The molecule has 0 radical (unpaired) electrons. The number of guanidine groups is 1. The normalized spacial score (nSPS) is 14.3. The quantitative estimate of drug-likeness (QED) is 0.295. The second kappa shape index (κ2) is 13.3. The molecule has 10 heteroatoms. The van der Waals surface area contributed by atoms with Gasteiger partial charge in [-0.3, -0.25) is 9.89 Å². The molecule has 0 saturated carbocycles. The van der Waals surface area contributed by atoms with Crippen molar-refractivity contribution in [3.8, 4) is 23.1 Å². The van der Waals surface area contributed by atoms with E-state index in [0.29, 0.717) is 29.7 Å². The molecule has 9 nitrogen and oxygen atoms in total. The summed E-state index contributed by atoms with van der Waals surface area (Å²) in [5.74, 6) is 3.48. The van der Waals surface area contributed by atoms with E-state index in [-0.39, 0.29) is 24.0 Å². The van der Waals surface area contributed by atoms with Crippen LogP contribution < -0.4 is 24.3 Å². The fourth-order valence-electron chi connectivity index (χ4n) is 3.85. The van der Waals surface area contributed by atoms with Crippen LogP contribution in [0.25, 0.3) is 0 Å². The highest BCUT2D eigenvalue weighted by molar-refractivity contribution is 14.0. The van der Waals surface area contributed by atoms with Crippen LogP contribution >= 0.6 is 24.0 Å². The largest absolute Gasteiger partial charge is 0.493 e. The lowest BCUT2D eigenvalue weighted by Gasteiger charge is -2.36. The Bertz CT molecular complexity index is 894. The van der Waals surface area contributed by atoms with Crippen LogP contribution in [0.2, 0.25) is 0 Å². The second-order valence-electron chi connectivity index (χ2n) is 7.37. The highest BCUT2D eigenvalue weighted by atomic mass is 127. The van der Waals surface area contributed by atoms with Crippen LogP contribution in [0, 0.1) is 0 Å². The van der Waals surface area contributed by atoms with Crippen LogP contribution in [0.15, 0.2) is 35.5 Å². The molecule has 0 bridgehead atoms. The van der Waals surface area contributed by atoms with Gasteiger partial charge in [0.15, 0.2) is 17.5 Å². The van der Waals surface area contributed by atoms with Crippen LogP contribution in [0.3, 0.4) is 0 Å². The van der Waals surface area contributed by atoms with E-state index in [1.807, 2.05) is 31.3 Å². The lowest BCUT2D eigenvalue weighted by atomic mass is 10.1. The lowest BCUT2D eigenvalue weighted by molar-refractivity contribution is 0.172. The van der Waals surface area contributed by atoms with Gasteiger partial charge in [0.1, 0.15) is 0 Å². The molecular weight excluding hydrogens is 537 g/mol. The third kappa shape index (κ3) is 6.76. The van der Waals surface area contributed by atoms with Crippen molar-refractivity contribution >= 4 is 29.9 Å². The minimum absolute atomic E-state index is 0. The summed E-state index contributed by atoms with van der Waals surface area (Å²) in [5, 5.41) is 3.43. The van der Waals surface area contributed by atoms with Gasteiger partial charge in [-0.1, -0.05) is 6.07 Å². The summed E-state index contributed by atoms with van der Waals surface area (Å²) < 4.78 is 21.7. The molecule has 1 aromatic heterocycles. The first kappa shape index (κ1) is 26.8. The van der Waals surface area contributed by atoms with Gasteiger partial charge in [-0.15, -0.1) is 24.0 Å². The average molecular weight is 571 g/mol. The van der Waals surface area contributed by atoms with Crippen LogP contribution in [0.1, 0.15) is 11.1 Å². The minimum Gasteiger partial charge on any atom is -0.493 e. The molecule has 1 fully saturated rings. The van der Waals surface area contributed by atoms with Crippen molar-refractivity contribution in [2.24, 2.45) is 4.99 Å². The van der Waals surface area contributed by atoms with Crippen molar-refractivity contribution in [2.45, 2.75) is 13.1 Å². The van der Waals surface area contributed by atoms with E-state index >= 15 is 0 Å². The molecule has 1 aliphatic rings. The number of rotatable bonds is 8. The number of hydrogen-bond donors (Lipinski definition) is 1. The molecule has 1 saturated heterocycles. The Labute approximate surface area is 213 Å². The van der Waals surface area contributed by atoms with E-state index in [1.54, 1.807) is 34.6 Å². The van der Waals surface area contributed by atoms with Crippen molar-refractivity contribution in [3.63, 3.8) is 0 Å². The number of benzene rings is 1. The van der Waals surface area contributed by atoms with Crippen molar-refractivity contribution in [3.05, 3.63) is 41.6 Å². The van der Waals surface area contributed by atoms with Crippen molar-refractivity contribution in [2.75, 3.05) is 61.7 Å². The van der Waals surface area contributed by atoms with E-state index in [4.69, 9.17) is 18.9 Å². The van der Waals surface area contributed by atoms with Crippen LogP contribution in [-0.4, -0.2) is 82.4 Å². The fourth-order valence-corrected chi connectivity index (χ4v) is 3.85. The topological polar surface area (TPSA) is 80.7 Å². The summed E-state index contributed by atoms with van der Waals surface area (Å²) in [5.41, 5.74) is 2.12. The van der Waals surface area contributed by atoms with E-state index in [1.165, 1.54) is 0 Å². The Morgan fingerprint density at radius 3 is 2.21 bits per heavy atom. The predicted octanol–water partition coefficient (Wildman–Crippen LogP) is 2.63. The molecule has 3 rings (SSSR count). The number of piperazine rings is 1. The number of pyridine rings is 1. The zero-order valence-corrected chi connectivity index (χ0v) is 22.3. The molecule has 182 valence electrons. The number of aliphatic imine (C=N–C) groups is 1. The van der Waals surface area contributed by atoms with E-state index < -0.39 is 0 Å². The number of aromatic nitrogens is 1. The van der Waals surface area contributed by atoms with E-state index in [9.17, 15) is 0 Å². The summed E-state index contributed by atoms with van der Waals surface area (Å²) in [6.45, 7) is 5.03. The van der Waals surface area contributed by atoms with Gasteiger partial charge in [0.2, 0.25) is 11.6 Å². The van der Waals surface area contributed by atoms with Gasteiger partial charge in [0.25, 0.3) is 0 Å². The van der Waals surface area contributed by atoms with E-state index in [2.05, 4.69) is 25.1 Å². The summed E-state index contributed by atoms with van der Waals surface area (Å²) in [6.07, 6.45) is 1.73. The number of nitrogens with zero attached hydrogens (tertiary/aromatic N) is 4. The van der Waals surface area contributed by atoms with Gasteiger partial charge in [-0.25, -0.2) is 4.98 Å². The number of hydrogen-bond acceptors (Lipinski definition) is 7. The lowest BCUT2D eigenvalue weighted by Crippen LogP contribution is -2.52. The predicted molar refractivity (Wildman–Crippen MR) is 139 cm³/mol. The Balaban J connectivity index is 0.00000385. The molecule has 0 amide bonds. The molecule has 1 aromatic carbocycles. The summed E-state index contributed by atoms with van der Waals surface area (Å²) in [4.78, 5) is 13.4. The van der Waals surface area contributed by atoms with Gasteiger partial charge in [0.05, 0.1) is 28.4 Å². The van der Waals surface area contributed by atoms with Gasteiger partial charge in [0, 0.05) is 58.1 Å². The fraction of sp³-hybridized carbons (Fsp3) is 0.478.